The summed E-state index contributed by atoms with van der Waals surface area (Å²) in [5, 5.41) is 0. The first-order valence-corrected chi connectivity index (χ1v) is 8.95. The van der Waals surface area contributed by atoms with Crippen LogP contribution in [0.1, 0.15) is 19.3 Å². The zero-order valence-corrected chi connectivity index (χ0v) is 14.5. The molecule has 2 amide bonds. The normalized spacial score (nSPS) is 22.5. The second-order valence-corrected chi connectivity index (χ2v) is 6.76. The van der Waals surface area contributed by atoms with Gasteiger partial charge in [0, 0.05) is 45.1 Å². The van der Waals surface area contributed by atoms with Crippen LogP contribution in [-0.4, -0.2) is 77.4 Å². The van der Waals surface area contributed by atoms with Gasteiger partial charge in [-0.15, -0.1) is 0 Å². The van der Waals surface area contributed by atoms with Crippen LogP contribution in [0, 0.1) is 5.92 Å². The Hall–Kier alpha value is -2.22. The number of carbonyl (C=O) groups is 2. The number of piperidine rings is 1. The lowest BCUT2D eigenvalue weighted by atomic mass is 9.96. The van der Waals surface area contributed by atoms with Crippen molar-refractivity contribution in [2.75, 3.05) is 50.7 Å². The van der Waals surface area contributed by atoms with Crippen molar-refractivity contribution in [2.45, 2.75) is 19.3 Å². The van der Waals surface area contributed by atoms with Crippen molar-refractivity contribution in [3.63, 3.8) is 0 Å². The molecule has 0 saturated carbocycles. The Bertz CT molecular complexity index is 596. The van der Waals surface area contributed by atoms with E-state index < -0.39 is 0 Å². The molecule has 8 heteroatoms. The van der Waals surface area contributed by atoms with Crippen LogP contribution in [0.2, 0.25) is 0 Å². The van der Waals surface area contributed by atoms with Crippen molar-refractivity contribution in [1.29, 1.82) is 0 Å². The predicted molar refractivity (Wildman–Crippen MR) is 93.8 cm³/mol. The molecule has 136 valence electrons. The molecule has 3 heterocycles. The minimum Gasteiger partial charge on any atom is -0.369 e. The number of primary amides is 1. The molecule has 25 heavy (non-hydrogen) atoms. The Kier molecular flexibility index (Phi) is 5.80. The van der Waals surface area contributed by atoms with Crippen molar-refractivity contribution < 1.29 is 9.59 Å². The highest BCUT2D eigenvalue weighted by Gasteiger charge is 2.30. The SMILES string of the molecule is NC(=O)CN1CCCC(C(=O)N2CCCN(c3ncccn3)CC2)C1. The zero-order valence-electron chi connectivity index (χ0n) is 14.5. The topological polar surface area (TPSA) is 95.7 Å². The summed E-state index contributed by atoms with van der Waals surface area (Å²) in [7, 11) is 0. The van der Waals surface area contributed by atoms with E-state index in [1.165, 1.54) is 0 Å². The minimum atomic E-state index is -0.332. The van der Waals surface area contributed by atoms with Gasteiger partial charge >= 0.3 is 0 Å². The van der Waals surface area contributed by atoms with Gasteiger partial charge in [-0.1, -0.05) is 0 Å². The summed E-state index contributed by atoms with van der Waals surface area (Å²) in [5.74, 6) is 0.557. The van der Waals surface area contributed by atoms with E-state index in [0.29, 0.717) is 13.1 Å². The summed E-state index contributed by atoms with van der Waals surface area (Å²) >= 11 is 0. The third-order valence-corrected chi connectivity index (χ3v) is 4.88. The maximum Gasteiger partial charge on any atom is 0.231 e. The van der Waals surface area contributed by atoms with E-state index >= 15 is 0 Å². The summed E-state index contributed by atoms with van der Waals surface area (Å²) in [6.45, 7) is 4.75. The predicted octanol–water partition coefficient (Wildman–Crippen LogP) is -0.287. The Morgan fingerprint density at radius 2 is 1.88 bits per heavy atom. The molecule has 1 aromatic rings. The van der Waals surface area contributed by atoms with Gasteiger partial charge in [-0.05, 0) is 31.9 Å². The fourth-order valence-corrected chi connectivity index (χ4v) is 3.67. The summed E-state index contributed by atoms with van der Waals surface area (Å²) in [6, 6.07) is 1.80. The molecular weight excluding hydrogens is 320 g/mol. The lowest BCUT2D eigenvalue weighted by Crippen LogP contribution is -2.47. The van der Waals surface area contributed by atoms with E-state index in [2.05, 4.69) is 14.9 Å². The van der Waals surface area contributed by atoms with Gasteiger partial charge in [0.15, 0.2) is 0 Å². The van der Waals surface area contributed by atoms with Crippen LogP contribution in [0.4, 0.5) is 5.95 Å². The van der Waals surface area contributed by atoms with E-state index in [0.717, 1.165) is 51.4 Å². The van der Waals surface area contributed by atoms with Crippen LogP contribution in [0.5, 0.6) is 0 Å². The van der Waals surface area contributed by atoms with Crippen LogP contribution in [0.15, 0.2) is 18.5 Å². The maximum absolute atomic E-state index is 12.9. The largest absolute Gasteiger partial charge is 0.369 e. The second kappa shape index (κ2) is 8.24. The average Bonchev–Trinajstić information content (AvgIpc) is 2.88. The van der Waals surface area contributed by atoms with Gasteiger partial charge in [0.1, 0.15) is 0 Å². The van der Waals surface area contributed by atoms with Crippen molar-refractivity contribution in [1.82, 2.24) is 19.8 Å². The van der Waals surface area contributed by atoms with Crippen LogP contribution < -0.4 is 10.6 Å². The number of hydrogen-bond donors (Lipinski definition) is 1. The van der Waals surface area contributed by atoms with Crippen LogP contribution in [-0.2, 0) is 9.59 Å². The third-order valence-electron chi connectivity index (χ3n) is 4.88. The van der Waals surface area contributed by atoms with Gasteiger partial charge in [-0.3, -0.25) is 14.5 Å². The fraction of sp³-hybridized carbons (Fsp3) is 0.647. The Morgan fingerprint density at radius 3 is 2.64 bits per heavy atom. The molecule has 2 aliphatic heterocycles. The summed E-state index contributed by atoms with van der Waals surface area (Å²) in [6.07, 6.45) is 6.20. The first-order valence-electron chi connectivity index (χ1n) is 8.95. The molecule has 3 rings (SSSR count). The molecule has 2 fully saturated rings. The van der Waals surface area contributed by atoms with E-state index in [-0.39, 0.29) is 24.3 Å². The van der Waals surface area contributed by atoms with Crippen molar-refractivity contribution in [3.05, 3.63) is 18.5 Å². The Labute approximate surface area is 148 Å². The Balaban J connectivity index is 1.56. The monoisotopic (exact) mass is 346 g/mol. The summed E-state index contributed by atoms with van der Waals surface area (Å²) in [4.78, 5) is 38.7. The number of nitrogens with zero attached hydrogens (tertiary/aromatic N) is 5. The third kappa shape index (κ3) is 4.66. The van der Waals surface area contributed by atoms with Gasteiger partial charge in [-0.25, -0.2) is 9.97 Å². The lowest BCUT2D eigenvalue weighted by Gasteiger charge is -2.34. The molecule has 8 nitrogen and oxygen atoms in total. The first-order chi connectivity index (χ1) is 12.1. The molecule has 2 N–H and O–H groups in total. The van der Waals surface area contributed by atoms with Crippen molar-refractivity contribution in [3.8, 4) is 0 Å². The standard InChI is InChI=1S/C17H26N6O2/c18-15(24)13-21-7-1-4-14(12-21)16(25)22-8-3-9-23(11-10-22)17-19-5-2-6-20-17/h2,5-6,14H,1,3-4,7-13H2,(H2,18,24). The molecule has 0 aromatic carbocycles. The molecule has 0 spiro atoms. The van der Waals surface area contributed by atoms with Crippen LogP contribution >= 0.6 is 0 Å². The molecule has 0 aliphatic carbocycles. The van der Waals surface area contributed by atoms with Crippen molar-refractivity contribution in [2.24, 2.45) is 11.7 Å². The maximum atomic E-state index is 12.9. The average molecular weight is 346 g/mol. The van der Waals surface area contributed by atoms with E-state index in [1.54, 1.807) is 18.5 Å². The van der Waals surface area contributed by atoms with Crippen LogP contribution in [0.3, 0.4) is 0 Å². The van der Waals surface area contributed by atoms with E-state index in [9.17, 15) is 9.59 Å². The quantitative estimate of drug-likeness (QED) is 0.805. The summed E-state index contributed by atoms with van der Waals surface area (Å²) in [5.41, 5.74) is 5.29. The van der Waals surface area contributed by atoms with Crippen molar-refractivity contribution >= 4 is 17.8 Å². The number of amides is 2. The van der Waals surface area contributed by atoms with Gasteiger partial charge in [-0.2, -0.15) is 0 Å². The number of carbonyl (C=O) groups excluding carboxylic acids is 2. The number of anilines is 1. The number of likely N-dealkylation sites (tertiary alicyclic amines) is 1. The van der Waals surface area contributed by atoms with Gasteiger partial charge in [0.2, 0.25) is 17.8 Å². The van der Waals surface area contributed by atoms with Gasteiger partial charge < -0.3 is 15.5 Å². The molecule has 1 atom stereocenters. The highest BCUT2D eigenvalue weighted by molar-refractivity contribution is 5.80. The van der Waals surface area contributed by atoms with Crippen LogP contribution in [0.25, 0.3) is 0 Å². The fourth-order valence-electron chi connectivity index (χ4n) is 3.67. The number of rotatable bonds is 4. The molecule has 0 radical (unpaired) electrons. The second-order valence-electron chi connectivity index (χ2n) is 6.76. The summed E-state index contributed by atoms with van der Waals surface area (Å²) < 4.78 is 0. The smallest absolute Gasteiger partial charge is 0.231 e. The van der Waals surface area contributed by atoms with E-state index in [4.69, 9.17) is 5.73 Å². The number of nitrogens with two attached hydrogens (primary N) is 1. The highest BCUT2D eigenvalue weighted by Crippen LogP contribution is 2.20. The Morgan fingerprint density at radius 1 is 1.08 bits per heavy atom. The molecule has 2 aliphatic rings. The minimum absolute atomic E-state index is 0.0346. The van der Waals surface area contributed by atoms with Gasteiger partial charge in [0.05, 0.1) is 12.5 Å². The molecule has 0 bridgehead atoms. The highest BCUT2D eigenvalue weighted by atomic mass is 16.2. The van der Waals surface area contributed by atoms with E-state index in [1.807, 2.05) is 9.80 Å². The molecule has 2 saturated heterocycles. The number of aromatic nitrogens is 2. The molecule has 1 unspecified atom stereocenters. The molecule has 1 aromatic heterocycles. The zero-order chi connectivity index (χ0) is 17.6. The van der Waals surface area contributed by atoms with Gasteiger partial charge in [0.25, 0.3) is 0 Å². The molecular formula is C17H26N6O2. The first kappa shape index (κ1) is 17.6. The number of hydrogen-bond acceptors (Lipinski definition) is 6. The lowest BCUT2D eigenvalue weighted by molar-refractivity contribution is -0.137.